The second-order valence-corrected chi connectivity index (χ2v) is 4.71. The summed E-state index contributed by atoms with van der Waals surface area (Å²) in [7, 11) is 0. The van der Waals surface area contributed by atoms with Crippen molar-refractivity contribution in [2.45, 2.75) is 25.9 Å². The zero-order valence-corrected chi connectivity index (χ0v) is 11.5. The maximum Gasteiger partial charge on any atom is 0.269 e. The third-order valence-corrected chi connectivity index (χ3v) is 3.24. The van der Waals surface area contributed by atoms with Crippen molar-refractivity contribution < 1.29 is 4.92 Å². The van der Waals surface area contributed by atoms with Crippen molar-refractivity contribution in [3.05, 3.63) is 70.0 Å². The largest absolute Gasteiger partial charge is 0.302 e. The highest BCUT2D eigenvalue weighted by Crippen LogP contribution is 2.20. The zero-order chi connectivity index (χ0) is 14.5. The standard InChI is InChI=1S/C15H17N3O2/c1-11(13-6-8-14(9-7-13)18(19)20)17-12(2)15-5-3-4-10-16-15/h3-12,17H,1-2H3. The first kappa shape index (κ1) is 14.1. The van der Waals surface area contributed by atoms with E-state index in [-0.39, 0.29) is 17.8 Å². The van der Waals surface area contributed by atoms with Gasteiger partial charge < -0.3 is 5.32 Å². The minimum atomic E-state index is -0.390. The molecule has 0 saturated heterocycles. The predicted octanol–water partition coefficient (Wildman–Crippen LogP) is 3.40. The van der Waals surface area contributed by atoms with E-state index in [1.54, 1.807) is 18.3 Å². The van der Waals surface area contributed by atoms with Crippen molar-refractivity contribution in [3.8, 4) is 0 Å². The van der Waals surface area contributed by atoms with E-state index in [9.17, 15) is 10.1 Å². The van der Waals surface area contributed by atoms with E-state index in [4.69, 9.17) is 0 Å². The number of non-ortho nitro benzene ring substituents is 1. The third-order valence-electron chi connectivity index (χ3n) is 3.24. The third kappa shape index (κ3) is 3.39. The van der Waals surface area contributed by atoms with Crippen LogP contribution in [0.5, 0.6) is 0 Å². The summed E-state index contributed by atoms with van der Waals surface area (Å²) in [5.74, 6) is 0. The van der Waals surface area contributed by atoms with Gasteiger partial charge >= 0.3 is 0 Å². The number of nitro groups is 1. The highest BCUT2D eigenvalue weighted by atomic mass is 16.6. The molecule has 2 aromatic rings. The first-order valence-electron chi connectivity index (χ1n) is 6.49. The van der Waals surface area contributed by atoms with Crippen LogP contribution in [0.1, 0.15) is 37.2 Å². The van der Waals surface area contributed by atoms with E-state index >= 15 is 0 Å². The van der Waals surface area contributed by atoms with Gasteiger partial charge in [0.15, 0.2) is 0 Å². The highest BCUT2D eigenvalue weighted by Gasteiger charge is 2.13. The van der Waals surface area contributed by atoms with Crippen LogP contribution in [0.4, 0.5) is 5.69 Å². The molecular weight excluding hydrogens is 254 g/mol. The summed E-state index contributed by atoms with van der Waals surface area (Å²) in [5.41, 5.74) is 2.10. The molecule has 0 aliphatic heterocycles. The zero-order valence-electron chi connectivity index (χ0n) is 11.5. The van der Waals surface area contributed by atoms with Crippen molar-refractivity contribution in [1.82, 2.24) is 10.3 Å². The van der Waals surface area contributed by atoms with Gasteiger partial charge in [-0.25, -0.2) is 0 Å². The molecule has 0 radical (unpaired) electrons. The Bertz CT molecular complexity index is 569. The molecule has 20 heavy (non-hydrogen) atoms. The second kappa shape index (κ2) is 6.25. The molecule has 104 valence electrons. The highest BCUT2D eigenvalue weighted by molar-refractivity contribution is 5.34. The molecule has 5 heteroatoms. The molecule has 0 bridgehead atoms. The van der Waals surface area contributed by atoms with E-state index in [1.807, 2.05) is 32.0 Å². The van der Waals surface area contributed by atoms with Crippen molar-refractivity contribution in [2.75, 3.05) is 0 Å². The fourth-order valence-electron chi connectivity index (χ4n) is 2.07. The summed E-state index contributed by atoms with van der Waals surface area (Å²) < 4.78 is 0. The van der Waals surface area contributed by atoms with Crippen LogP contribution in [0.3, 0.4) is 0 Å². The van der Waals surface area contributed by atoms with Crippen LogP contribution >= 0.6 is 0 Å². The summed E-state index contributed by atoms with van der Waals surface area (Å²) in [4.78, 5) is 14.5. The fraction of sp³-hybridized carbons (Fsp3) is 0.267. The quantitative estimate of drug-likeness (QED) is 0.668. The molecule has 1 aromatic heterocycles. The first-order valence-corrected chi connectivity index (χ1v) is 6.49. The Balaban J connectivity index is 2.04. The van der Waals surface area contributed by atoms with E-state index in [0.29, 0.717) is 0 Å². The molecule has 0 saturated carbocycles. The number of aromatic nitrogens is 1. The molecule has 2 rings (SSSR count). The maximum absolute atomic E-state index is 10.6. The summed E-state index contributed by atoms with van der Waals surface area (Å²) >= 11 is 0. The Hall–Kier alpha value is -2.27. The summed E-state index contributed by atoms with van der Waals surface area (Å²) in [6.45, 7) is 4.07. The normalized spacial score (nSPS) is 13.7. The average Bonchev–Trinajstić information content (AvgIpc) is 2.48. The molecular formula is C15H17N3O2. The number of benzene rings is 1. The summed E-state index contributed by atoms with van der Waals surface area (Å²) in [5, 5.41) is 14.1. The lowest BCUT2D eigenvalue weighted by molar-refractivity contribution is -0.384. The SMILES string of the molecule is CC(NC(C)c1ccccn1)c1ccc([N+](=O)[O-])cc1. The fourth-order valence-corrected chi connectivity index (χ4v) is 2.07. The van der Waals surface area contributed by atoms with Gasteiger partial charge in [-0.2, -0.15) is 0 Å². The van der Waals surface area contributed by atoms with Gasteiger partial charge in [0.25, 0.3) is 5.69 Å². The van der Waals surface area contributed by atoms with E-state index in [0.717, 1.165) is 11.3 Å². The molecule has 0 aliphatic carbocycles. The van der Waals surface area contributed by atoms with Crippen LogP contribution in [0, 0.1) is 10.1 Å². The Morgan fingerprint density at radius 3 is 2.35 bits per heavy atom. The Morgan fingerprint density at radius 2 is 1.80 bits per heavy atom. The van der Waals surface area contributed by atoms with Crippen LogP contribution in [0.2, 0.25) is 0 Å². The molecule has 1 aromatic carbocycles. The van der Waals surface area contributed by atoms with Gasteiger partial charge in [0.05, 0.1) is 10.6 Å². The van der Waals surface area contributed by atoms with E-state index in [1.165, 1.54) is 12.1 Å². The van der Waals surface area contributed by atoms with Gasteiger partial charge in [0.2, 0.25) is 0 Å². The Labute approximate surface area is 117 Å². The first-order chi connectivity index (χ1) is 9.58. The van der Waals surface area contributed by atoms with Crippen molar-refractivity contribution >= 4 is 5.69 Å². The minimum Gasteiger partial charge on any atom is -0.302 e. The molecule has 1 heterocycles. The molecule has 0 aliphatic rings. The number of nitrogens with one attached hydrogen (secondary N) is 1. The van der Waals surface area contributed by atoms with E-state index < -0.39 is 4.92 Å². The monoisotopic (exact) mass is 271 g/mol. The lowest BCUT2D eigenvalue weighted by Crippen LogP contribution is -2.23. The van der Waals surface area contributed by atoms with Gasteiger partial charge in [-0.05, 0) is 31.5 Å². The van der Waals surface area contributed by atoms with E-state index in [2.05, 4.69) is 10.3 Å². The van der Waals surface area contributed by atoms with Crippen LogP contribution in [0.25, 0.3) is 0 Å². The molecule has 0 amide bonds. The van der Waals surface area contributed by atoms with Gasteiger partial charge in [-0.15, -0.1) is 0 Å². The minimum absolute atomic E-state index is 0.0906. The van der Waals surface area contributed by atoms with Crippen molar-refractivity contribution in [3.63, 3.8) is 0 Å². The average molecular weight is 271 g/mol. The number of pyridine rings is 1. The number of rotatable bonds is 5. The lowest BCUT2D eigenvalue weighted by atomic mass is 10.1. The Kier molecular flexibility index (Phi) is 4.42. The van der Waals surface area contributed by atoms with Gasteiger partial charge in [0.1, 0.15) is 0 Å². The van der Waals surface area contributed by atoms with Crippen LogP contribution in [0.15, 0.2) is 48.7 Å². The molecule has 5 nitrogen and oxygen atoms in total. The molecule has 1 N–H and O–H groups in total. The second-order valence-electron chi connectivity index (χ2n) is 4.71. The van der Waals surface area contributed by atoms with Crippen LogP contribution in [-0.2, 0) is 0 Å². The van der Waals surface area contributed by atoms with Crippen molar-refractivity contribution in [2.24, 2.45) is 0 Å². The number of nitro benzene ring substituents is 1. The molecule has 2 unspecified atom stereocenters. The Morgan fingerprint density at radius 1 is 1.10 bits per heavy atom. The molecule has 2 atom stereocenters. The van der Waals surface area contributed by atoms with Crippen LogP contribution in [-0.4, -0.2) is 9.91 Å². The van der Waals surface area contributed by atoms with Crippen molar-refractivity contribution in [1.29, 1.82) is 0 Å². The van der Waals surface area contributed by atoms with Gasteiger partial charge in [0, 0.05) is 30.4 Å². The molecule has 0 fully saturated rings. The van der Waals surface area contributed by atoms with Crippen LogP contribution < -0.4 is 5.32 Å². The smallest absolute Gasteiger partial charge is 0.269 e. The summed E-state index contributed by atoms with van der Waals surface area (Å²) in [6, 6.07) is 12.6. The number of hydrogen-bond acceptors (Lipinski definition) is 4. The lowest BCUT2D eigenvalue weighted by Gasteiger charge is -2.19. The predicted molar refractivity (Wildman–Crippen MR) is 77.3 cm³/mol. The topological polar surface area (TPSA) is 68.1 Å². The number of nitrogens with zero attached hydrogens (tertiary/aromatic N) is 2. The van der Waals surface area contributed by atoms with Gasteiger partial charge in [-0.3, -0.25) is 15.1 Å². The molecule has 0 spiro atoms. The maximum atomic E-state index is 10.6. The number of hydrogen-bond donors (Lipinski definition) is 1. The summed E-state index contributed by atoms with van der Waals surface area (Å²) in [6.07, 6.45) is 1.77. The van der Waals surface area contributed by atoms with Gasteiger partial charge in [-0.1, -0.05) is 18.2 Å².